The van der Waals surface area contributed by atoms with Crippen LogP contribution in [0.5, 0.6) is 0 Å². The van der Waals surface area contributed by atoms with Crippen molar-refractivity contribution in [3.8, 4) is 0 Å². The molecule has 2 N–H and O–H groups in total. The van der Waals surface area contributed by atoms with Gasteiger partial charge in [0.1, 0.15) is 6.61 Å². The standard InChI is InChI=1S/C9H13NO2S/c1-3-8-6(2)7(4-12-5-11)9(10)13-8/h5H,3-4,10H2,1-2H3. The van der Waals surface area contributed by atoms with Crippen LogP contribution in [0, 0.1) is 6.92 Å². The molecule has 0 aliphatic rings. The number of rotatable bonds is 4. The summed E-state index contributed by atoms with van der Waals surface area (Å²) in [7, 11) is 0. The molecule has 0 aromatic carbocycles. The maximum Gasteiger partial charge on any atom is 0.293 e. The molecule has 0 amide bonds. The maximum atomic E-state index is 10.0. The Morgan fingerprint density at radius 3 is 2.77 bits per heavy atom. The predicted molar refractivity (Wildman–Crippen MR) is 53.7 cm³/mol. The van der Waals surface area contributed by atoms with Gasteiger partial charge in [0.15, 0.2) is 0 Å². The van der Waals surface area contributed by atoms with Gasteiger partial charge in [-0.05, 0) is 18.9 Å². The summed E-state index contributed by atoms with van der Waals surface area (Å²) in [4.78, 5) is 11.3. The van der Waals surface area contributed by atoms with E-state index in [-0.39, 0.29) is 6.61 Å². The first kappa shape index (κ1) is 10.1. The van der Waals surface area contributed by atoms with Gasteiger partial charge < -0.3 is 10.5 Å². The zero-order chi connectivity index (χ0) is 9.84. The first-order valence-electron chi connectivity index (χ1n) is 4.12. The Balaban J connectivity index is 2.91. The van der Waals surface area contributed by atoms with Crippen molar-refractivity contribution in [1.29, 1.82) is 0 Å². The lowest BCUT2D eigenvalue weighted by Gasteiger charge is -2.00. The maximum absolute atomic E-state index is 10.0. The third-order valence-electron chi connectivity index (χ3n) is 2.02. The predicted octanol–water partition coefficient (Wildman–Crippen LogP) is 1.87. The van der Waals surface area contributed by atoms with E-state index in [1.165, 1.54) is 4.88 Å². The van der Waals surface area contributed by atoms with Gasteiger partial charge in [0.2, 0.25) is 0 Å². The summed E-state index contributed by atoms with van der Waals surface area (Å²) in [6, 6.07) is 0. The molecule has 72 valence electrons. The van der Waals surface area contributed by atoms with E-state index in [1.54, 1.807) is 11.3 Å². The summed E-state index contributed by atoms with van der Waals surface area (Å²) < 4.78 is 4.69. The van der Waals surface area contributed by atoms with Gasteiger partial charge >= 0.3 is 0 Å². The largest absolute Gasteiger partial charge is 0.463 e. The number of thiophene rings is 1. The molecule has 3 nitrogen and oxygen atoms in total. The van der Waals surface area contributed by atoms with Crippen molar-refractivity contribution in [3.05, 3.63) is 16.0 Å². The first-order chi connectivity index (χ1) is 6.20. The van der Waals surface area contributed by atoms with Gasteiger partial charge in [0.05, 0.1) is 5.00 Å². The van der Waals surface area contributed by atoms with Crippen LogP contribution in [0.4, 0.5) is 5.00 Å². The van der Waals surface area contributed by atoms with Crippen LogP contribution in [0.25, 0.3) is 0 Å². The number of carbonyl (C=O) groups is 1. The molecule has 0 radical (unpaired) electrons. The topological polar surface area (TPSA) is 52.3 Å². The monoisotopic (exact) mass is 199 g/mol. The Morgan fingerprint density at radius 2 is 2.31 bits per heavy atom. The Labute approximate surface area is 81.5 Å². The molecule has 0 unspecified atom stereocenters. The highest BCUT2D eigenvalue weighted by Gasteiger charge is 2.11. The molecule has 0 bridgehead atoms. The molecule has 0 atom stereocenters. The summed E-state index contributed by atoms with van der Waals surface area (Å²) >= 11 is 1.57. The number of aryl methyl sites for hydroxylation is 1. The van der Waals surface area contributed by atoms with Gasteiger partial charge in [-0.3, -0.25) is 4.79 Å². The molecule has 0 spiro atoms. The molecule has 13 heavy (non-hydrogen) atoms. The fourth-order valence-electron chi connectivity index (χ4n) is 1.26. The van der Waals surface area contributed by atoms with Crippen molar-refractivity contribution in [2.24, 2.45) is 0 Å². The van der Waals surface area contributed by atoms with Gasteiger partial charge in [-0.2, -0.15) is 0 Å². The summed E-state index contributed by atoms with van der Waals surface area (Å²) in [5.74, 6) is 0. The molecule has 0 aliphatic carbocycles. The van der Waals surface area contributed by atoms with Crippen molar-refractivity contribution in [3.63, 3.8) is 0 Å². The molecule has 0 fully saturated rings. The SMILES string of the molecule is CCc1sc(N)c(COC=O)c1C. The van der Waals surface area contributed by atoms with Crippen LogP contribution in [0.2, 0.25) is 0 Å². The number of nitrogen functional groups attached to an aromatic ring is 1. The van der Waals surface area contributed by atoms with Gasteiger partial charge in [0, 0.05) is 10.4 Å². The fraction of sp³-hybridized carbons (Fsp3) is 0.444. The average molecular weight is 199 g/mol. The fourth-order valence-corrected chi connectivity index (χ4v) is 2.28. The number of carbonyl (C=O) groups excluding carboxylic acids is 1. The van der Waals surface area contributed by atoms with E-state index in [0.29, 0.717) is 6.47 Å². The normalized spacial score (nSPS) is 10.0. The first-order valence-corrected chi connectivity index (χ1v) is 4.94. The van der Waals surface area contributed by atoms with Gasteiger partial charge in [-0.1, -0.05) is 6.92 Å². The smallest absolute Gasteiger partial charge is 0.293 e. The highest BCUT2D eigenvalue weighted by molar-refractivity contribution is 7.16. The van der Waals surface area contributed by atoms with Crippen molar-refractivity contribution in [1.82, 2.24) is 0 Å². The molecule has 0 aliphatic heterocycles. The summed E-state index contributed by atoms with van der Waals surface area (Å²) in [6.45, 7) is 4.83. The minimum atomic E-state index is 0.289. The van der Waals surface area contributed by atoms with Crippen LogP contribution >= 0.6 is 11.3 Å². The summed E-state index contributed by atoms with van der Waals surface area (Å²) in [5, 5.41) is 0.760. The van der Waals surface area contributed by atoms with Crippen LogP contribution in [0.1, 0.15) is 22.9 Å². The summed E-state index contributed by atoms with van der Waals surface area (Å²) in [5.41, 5.74) is 7.89. The number of hydrogen-bond donors (Lipinski definition) is 1. The molecule has 1 rings (SSSR count). The second-order valence-corrected chi connectivity index (χ2v) is 3.89. The van der Waals surface area contributed by atoms with Crippen LogP contribution in [-0.4, -0.2) is 6.47 Å². The zero-order valence-corrected chi connectivity index (χ0v) is 8.61. The zero-order valence-electron chi connectivity index (χ0n) is 7.79. The molecule has 1 aromatic rings. The second kappa shape index (κ2) is 4.28. The van der Waals surface area contributed by atoms with E-state index in [9.17, 15) is 4.79 Å². The van der Waals surface area contributed by atoms with Gasteiger partial charge in [0.25, 0.3) is 6.47 Å². The van der Waals surface area contributed by atoms with Crippen LogP contribution in [-0.2, 0) is 22.6 Å². The minimum Gasteiger partial charge on any atom is -0.463 e. The van der Waals surface area contributed by atoms with Crippen molar-refractivity contribution in [2.75, 3.05) is 5.73 Å². The van der Waals surface area contributed by atoms with E-state index in [2.05, 4.69) is 11.7 Å². The Hall–Kier alpha value is -1.03. The molecule has 1 aromatic heterocycles. The van der Waals surface area contributed by atoms with Crippen LogP contribution in [0.3, 0.4) is 0 Å². The highest BCUT2D eigenvalue weighted by Crippen LogP contribution is 2.31. The molecular formula is C9H13NO2S. The number of hydrogen-bond acceptors (Lipinski definition) is 4. The Bertz CT molecular complexity index is 307. The number of anilines is 1. The third-order valence-corrected chi connectivity index (χ3v) is 3.33. The van der Waals surface area contributed by atoms with E-state index in [0.717, 1.165) is 22.5 Å². The van der Waals surface area contributed by atoms with Crippen molar-refractivity contribution < 1.29 is 9.53 Å². The van der Waals surface area contributed by atoms with E-state index in [1.807, 2.05) is 6.92 Å². The Kier molecular flexibility index (Phi) is 3.31. The third kappa shape index (κ3) is 2.01. The lowest BCUT2D eigenvalue weighted by molar-refractivity contribution is -0.129. The quantitative estimate of drug-likeness (QED) is 0.753. The van der Waals surface area contributed by atoms with Gasteiger partial charge in [-0.15, -0.1) is 11.3 Å². The van der Waals surface area contributed by atoms with Crippen molar-refractivity contribution in [2.45, 2.75) is 26.9 Å². The molecule has 0 saturated carbocycles. The molecule has 1 heterocycles. The second-order valence-electron chi connectivity index (χ2n) is 2.75. The Morgan fingerprint density at radius 1 is 1.62 bits per heavy atom. The molecule has 0 saturated heterocycles. The lowest BCUT2D eigenvalue weighted by atomic mass is 10.1. The average Bonchev–Trinajstić information content (AvgIpc) is 2.39. The van der Waals surface area contributed by atoms with E-state index in [4.69, 9.17) is 5.73 Å². The lowest BCUT2D eigenvalue weighted by Crippen LogP contribution is -1.95. The van der Waals surface area contributed by atoms with E-state index >= 15 is 0 Å². The highest BCUT2D eigenvalue weighted by atomic mass is 32.1. The van der Waals surface area contributed by atoms with E-state index < -0.39 is 0 Å². The number of ether oxygens (including phenoxy) is 1. The summed E-state index contributed by atoms with van der Waals surface area (Å²) in [6.07, 6.45) is 0.974. The molecule has 4 heteroatoms. The minimum absolute atomic E-state index is 0.289. The molecular weight excluding hydrogens is 186 g/mol. The number of nitrogens with two attached hydrogens (primary N) is 1. The van der Waals surface area contributed by atoms with Gasteiger partial charge in [-0.25, -0.2) is 0 Å². The van der Waals surface area contributed by atoms with Crippen molar-refractivity contribution >= 4 is 22.8 Å². The van der Waals surface area contributed by atoms with Crippen LogP contribution < -0.4 is 5.73 Å². The van der Waals surface area contributed by atoms with Crippen LogP contribution in [0.15, 0.2) is 0 Å².